The van der Waals surface area contributed by atoms with Crippen LogP contribution in [0.3, 0.4) is 0 Å². The Morgan fingerprint density at radius 3 is 2.18 bits per heavy atom. The van der Waals surface area contributed by atoms with E-state index in [0.29, 0.717) is 22.7 Å². The third kappa shape index (κ3) is 5.31. The zero-order valence-electron chi connectivity index (χ0n) is 18.8. The fourth-order valence-electron chi connectivity index (χ4n) is 3.38. The van der Waals surface area contributed by atoms with Crippen LogP contribution in [-0.4, -0.2) is 67.7 Å². The van der Waals surface area contributed by atoms with Gasteiger partial charge in [0.1, 0.15) is 18.3 Å². The molecule has 2 amide bonds. The Hall–Kier alpha value is -3.99. The van der Waals surface area contributed by atoms with Gasteiger partial charge in [-0.1, -0.05) is 0 Å². The van der Waals surface area contributed by atoms with Gasteiger partial charge >= 0.3 is 11.9 Å². The molecule has 11 heteroatoms. The van der Waals surface area contributed by atoms with E-state index in [4.69, 9.17) is 21.7 Å². The lowest BCUT2D eigenvalue weighted by Crippen LogP contribution is -2.41. The molecule has 1 atom stereocenters. The highest BCUT2D eigenvalue weighted by Gasteiger charge is 2.45. The number of ether oxygens (including phenoxy) is 3. The minimum Gasteiger partial charge on any atom is -0.497 e. The maximum absolute atomic E-state index is 13.3. The number of amides is 2. The summed E-state index contributed by atoms with van der Waals surface area (Å²) >= 11 is 5.47. The van der Waals surface area contributed by atoms with Crippen molar-refractivity contribution in [2.75, 3.05) is 38.1 Å². The van der Waals surface area contributed by atoms with Crippen LogP contribution in [0.15, 0.2) is 48.5 Å². The summed E-state index contributed by atoms with van der Waals surface area (Å²) < 4.78 is 14.5. The lowest BCUT2D eigenvalue weighted by atomic mass is 10.1. The smallest absolute Gasteiger partial charge is 0.337 e. The second-order valence-corrected chi connectivity index (χ2v) is 7.56. The fraction of sp³-hybridized carbons (Fsp3) is 0.261. The second-order valence-electron chi connectivity index (χ2n) is 7.20. The molecule has 0 spiro atoms. The molecule has 1 aliphatic heterocycles. The molecular formula is C23H23N3O7S. The van der Waals surface area contributed by atoms with Gasteiger partial charge in [-0.3, -0.25) is 19.3 Å². The molecule has 10 nitrogen and oxygen atoms in total. The number of methoxy groups -OCH3 is 3. The summed E-state index contributed by atoms with van der Waals surface area (Å²) in [7, 11) is 4.02. The first kappa shape index (κ1) is 24.6. The van der Waals surface area contributed by atoms with Crippen molar-refractivity contribution in [1.82, 2.24) is 4.90 Å². The Labute approximate surface area is 201 Å². The van der Waals surface area contributed by atoms with E-state index >= 15 is 0 Å². The van der Waals surface area contributed by atoms with Crippen LogP contribution in [0.1, 0.15) is 16.8 Å². The van der Waals surface area contributed by atoms with Crippen LogP contribution >= 0.6 is 12.2 Å². The molecule has 0 radical (unpaired) electrons. The SMILES string of the molecule is COC(=O)CN1C(=S)N(c2ccc(OC)cc2)C(=O)[C@H]1CC(=O)Nc1ccc(C(=O)OC)cc1. The minimum atomic E-state index is -1.01. The predicted molar refractivity (Wildman–Crippen MR) is 127 cm³/mol. The van der Waals surface area contributed by atoms with Crippen molar-refractivity contribution < 1.29 is 33.4 Å². The van der Waals surface area contributed by atoms with Crippen LogP contribution in [0.5, 0.6) is 5.75 Å². The van der Waals surface area contributed by atoms with Crippen LogP contribution in [0.4, 0.5) is 11.4 Å². The summed E-state index contributed by atoms with van der Waals surface area (Å²) in [6, 6.07) is 11.8. The van der Waals surface area contributed by atoms with Gasteiger partial charge < -0.3 is 24.4 Å². The maximum Gasteiger partial charge on any atom is 0.337 e. The van der Waals surface area contributed by atoms with Crippen molar-refractivity contribution in [3.05, 3.63) is 54.1 Å². The zero-order valence-corrected chi connectivity index (χ0v) is 19.6. The third-order valence-corrected chi connectivity index (χ3v) is 5.56. The highest BCUT2D eigenvalue weighted by molar-refractivity contribution is 7.80. The van der Waals surface area contributed by atoms with Gasteiger partial charge in [-0.15, -0.1) is 0 Å². The second kappa shape index (κ2) is 10.8. The highest BCUT2D eigenvalue weighted by Crippen LogP contribution is 2.29. The van der Waals surface area contributed by atoms with Crippen LogP contribution in [0.2, 0.25) is 0 Å². The van der Waals surface area contributed by atoms with Crippen molar-refractivity contribution in [1.29, 1.82) is 0 Å². The average Bonchev–Trinajstić information content (AvgIpc) is 3.07. The summed E-state index contributed by atoms with van der Waals surface area (Å²) in [5.74, 6) is -1.42. The first-order chi connectivity index (χ1) is 16.3. The molecule has 2 aromatic rings. The van der Waals surface area contributed by atoms with E-state index in [1.807, 2.05) is 0 Å². The summed E-state index contributed by atoms with van der Waals surface area (Å²) in [5, 5.41) is 2.77. The van der Waals surface area contributed by atoms with Crippen molar-refractivity contribution in [3.63, 3.8) is 0 Å². The van der Waals surface area contributed by atoms with Gasteiger partial charge in [-0.25, -0.2) is 4.79 Å². The highest BCUT2D eigenvalue weighted by atomic mass is 32.1. The number of thiocarbonyl (C=S) groups is 1. The largest absolute Gasteiger partial charge is 0.497 e. The molecule has 0 bridgehead atoms. The van der Waals surface area contributed by atoms with E-state index in [1.165, 1.54) is 43.3 Å². The van der Waals surface area contributed by atoms with Crippen molar-refractivity contribution >= 4 is 52.5 Å². The first-order valence-electron chi connectivity index (χ1n) is 10.1. The molecule has 1 fully saturated rings. The quantitative estimate of drug-likeness (QED) is 0.443. The molecule has 0 aromatic heterocycles. The van der Waals surface area contributed by atoms with E-state index < -0.39 is 29.8 Å². The van der Waals surface area contributed by atoms with Gasteiger partial charge in [0.05, 0.1) is 39.0 Å². The first-order valence-corrected chi connectivity index (χ1v) is 10.5. The van der Waals surface area contributed by atoms with Crippen LogP contribution < -0.4 is 15.0 Å². The minimum absolute atomic E-state index is 0.0841. The Bertz CT molecular complexity index is 1100. The molecular weight excluding hydrogens is 462 g/mol. The normalized spacial score (nSPS) is 15.2. The van der Waals surface area contributed by atoms with Gasteiger partial charge in [-0.05, 0) is 60.7 Å². The van der Waals surface area contributed by atoms with Crippen molar-refractivity contribution in [3.8, 4) is 5.75 Å². The number of benzene rings is 2. The number of rotatable bonds is 8. The molecule has 1 saturated heterocycles. The Kier molecular flexibility index (Phi) is 7.79. The van der Waals surface area contributed by atoms with Gasteiger partial charge in [0.15, 0.2) is 5.11 Å². The summed E-state index contributed by atoms with van der Waals surface area (Å²) in [6.45, 7) is -0.292. The number of anilines is 2. The van der Waals surface area contributed by atoms with Crippen LogP contribution in [0.25, 0.3) is 0 Å². The average molecular weight is 486 g/mol. The topological polar surface area (TPSA) is 114 Å². The number of hydrogen-bond acceptors (Lipinski definition) is 8. The van der Waals surface area contributed by atoms with Gasteiger partial charge in [0.2, 0.25) is 5.91 Å². The molecule has 0 aliphatic carbocycles. The number of nitrogens with one attached hydrogen (secondary N) is 1. The Balaban J connectivity index is 1.79. The van der Waals surface area contributed by atoms with E-state index in [-0.39, 0.29) is 18.1 Å². The van der Waals surface area contributed by atoms with Crippen molar-refractivity contribution in [2.45, 2.75) is 12.5 Å². The Morgan fingerprint density at radius 2 is 1.62 bits per heavy atom. The molecule has 0 saturated carbocycles. The monoisotopic (exact) mass is 485 g/mol. The number of nitrogens with zero attached hydrogens (tertiary/aromatic N) is 2. The molecule has 3 rings (SSSR count). The van der Waals surface area contributed by atoms with Crippen LogP contribution in [-0.2, 0) is 23.9 Å². The van der Waals surface area contributed by atoms with E-state index in [9.17, 15) is 19.2 Å². The lowest BCUT2D eigenvalue weighted by molar-refractivity contribution is -0.141. The summed E-state index contributed by atoms with van der Waals surface area (Å²) in [4.78, 5) is 52.2. The standard InChI is InChI=1S/C23H23N3O7S/c1-31-17-10-8-16(9-11-17)26-21(29)18(25(23(26)34)13-20(28)32-2)12-19(27)24-15-6-4-14(5-7-15)22(30)33-3/h4-11,18H,12-13H2,1-3H3,(H,24,27)/t18-/m1/s1. The molecule has 178 valence electrons. The van der Waals surface area contributed by atoms with Gasteiger partial charge in [-0.2, -0.15) is 0 Å². The number of hydrogen-bond donors (Lipinski definition) is 1. The van der Waals surface area contributed by atoms with E-state index in [2.05, 4.69) is 10.1 Å². The Morgan fingerprint density at radius 1 is 0.971 bits per heavy atom. The number of carbonyl (C=O) groups is 4. The maximum atomic E-state index is 13.3. The predicted octanol–water partition coefficient (Wildman–Crippen LogP) is 1.99. The van der Waals surface area contributed by atoms with Gasteiger partial charge in [0.25, 0.3) is 5.91 Å². The number of esters is 2. The fourth-order valence-corrected chi connectivity index (χ4v) is 3.77. The summed E-state index contributed by atoms with van der Waals surface area (Å²) in [6.07, 6.45) is -0.263. The van der Waals surface area contributed by atoms with Crippen LogP contribution in [0, 0.1) is 0 Å². The van der Waals surface area contributed by atoms with E-state index in [1.54, 1.807) is 36.4 Å². The van der Waals surface area contributed by atoms with Gasteiger partial charge in [0, 0.05) is 5.69 Å². The lowest BCUT2D eigenvalue weighted by Gasteiger charge is -2.22. The summed E-state index contributed by atoms with van der Waals surface area (Å²) in [5.41, 5.74) is 1.24. The third-order valence-electron chi connectivity index (χ3n) is 5.14. The molecule has 1 aliphatic rings. The molecule has 0 unspecified atom stereocenters. The number of carbonyl (C=O) groups excluding carboxylic acids is 4. The van der Waals surface area contributed by atoms with E-state index in [0.717, 1.165) is 0 Å². The molecule has 34 heavy (non-hydrogen) atoms. The zero-order chi connectivity index (χ0) is 24.8. The molecule has 1 N–H and O–H groups in total. The molecule has 2 aromatic carbocycles. The van der Waals surface area contributed by atoms with Crippen molar-refractivity contribution in [2.24, 2.45) is 0 Å². The molecule has 1 heterocycles.